The molecule has 0 spiro atoms. The third kappa shape index (κ3) is 3.77. The molecule has 1 aromatic rings. The number of nitrogens with zero attached hydrogens (tertiary/aromatic N) is 1. The molecule has 0 bridgehead atoms. The molecular weight excluding hydrogens is 366 g/mol. The standard InChI is InChI=1S/C16H20BrNO5/c1-3-23-14-11(17)8-10(9-13(14)22-2)15(19)18-7-5-4-6-12(18)16(20)21/h8-9,12H,3-7H2,1-2H3,(H,20,21). The van der Waals surface area contributed by atoms with Crippen LogP contribution in [-0.2, 0) is 4.79 Å². The van der Waals surface area contributed by atoms with Crippen LogP contribution in [0.3, 0.4) is 0 Å². The predicted octanol–water partition coefficient (Wildman–Crippen LogP) is 2.94. The normalized spacial score (nSPS) is 17.7. The van der Waals surface area contributed by atoms with Crippen molar-refractivity contribution in [2.75, 3.05) is 20.3 Å². The summed E-state index contributed by atoms with van der Waals surface area (Å²) in [6.45, 7) is 2.77. The summed E-state index contributed by atoms with van der Waals surface area (Å²) in [6, 6.07) is 2.46. The number of benzene rings is 1. The fraction of sp³-hybridized carbons (Fsp3) is 0.500. The molecule has 1 atom stereocenters. The van der Waals surface area contributed by atoms with Crippen LogP contribution in [0.4, 0.5) is 0 Å². The number of amides is 1. The van der Waals surface area contributed by atoms with Crippen molar-refractivity contribution in [1.82, 2.24) is 4.90 Å². The highest BCUT2D eigenvalue weighted by Crippen LogP contribution is 2.37. The summed E-state index contributed by atoms with van der Waals surface area (Å²) in [4.78, 5) is 25.6. The minimum Gasteiger partial charge on any atom is -0.493 e. The molecule has 1 amide bonds. The third-order valence-corrected chi connectivity index (χ3v) is 4.40. The summed E-state index contributed by atoms with van der Waals surface area (Å²) in [6.07, 6.45) is 2.11. The Morgan fingerprint density at radius 3 is 2.74 bits per heavy atom. The van der Waals surface area contributed by atoms with Crippen LogP contribution in [0.5, 0.6) is 11.5 Å². The molecule has 0 radical (unpaired) electrons. The summed E-state index contributed by atoms with van der Waals surface area (Å²) >= 11 is 3.38. The Balaban J connectivity index is 2.35. The van der Waals surface area contributed by atoms with Gasteiger partial charge in [0.05, 0.1) is 18.2 Å². The van der Waals surface area contributed by atoms with Gasteiger partial charge in [0.15, 0.2) is 11.5 Å². The first kappa shape index (κ1) is 17.6. The van der Waals surface area contributed by atoms with E-state index in [1.54, 1.807) is 12.1 Å². The number of likely N-dealkylation sites (tertiary alicyclic amines) is 1. The number of aliphatic carboxylic acids is 1. The van der Waals surface area contributed by atoms with Gasteiger partial charge in [0.25, 0.3) is 5.91 Å². The molecule has 0 aromatic heterocycles. The second-order valence-electron chi connectivity index (χ2n) is 5.27. The predicted molar refractivity (Wildman–Crippen MR) is 88.2 cm³/mol. The molecule has 1 unspecified atom stereocenters. The van der Waals surface area contributed by atoms with Gasteiger partial charge in [-0.1, -0.05) is 0 Å². The largest absolute Gasteiger partial charge is 0.493 e. The molecule has 1 saturated heterocycles. The Hall–Kier alpha value is -1.76. The second kappa shape index (κ2) is 7.68. The first-order valence-electron chi connectivity index (χ1n) is 7.53. The fourth-order valence-corrected chi connectivity index (χ4v) is 3.28. The highest BCUT2D eigenvalue weighted by atomic mass is 79.9. The van der Waals surface area contributed by atoms with E-state index in [0.29, 0.717) is 41.1 Å². The van der Waals surface area contributed by atoms with Gasteiger partial charge >= 0.3 is 5.97 Å². The third-order valence-electron chi connectivity index (χ3n) is 3.81. The molecule has 0 saturated carbocycles. The van der Waals surface area contributed by atoms with Gasteiger partial charge in [0.2, 0.25) is 0 Å². The van der Waals surface area contributed by atoms with Gasteiger partial charge in [-0.15, -0.1) is 0 Å². The molecule has 1 aromatic carbocycles. The Morgan fingerprint density at radius 2 is 2.13 bits per heavy atom. The number of carbonyl (C=O) groups is 2. The van der Waals surface area contributed by atoms with E-state index >= 15 is 0 Å². The van der Waals surface area contributed by atoms with E-state index < -0.39 is 12.0 Å². The minimum atomic E-state index is -0.963. The van der Waals surface area contributed by atoms with Gasteiger partial charge in [-0.05, 0) is 54.2 Å². The Kier molecular flexibility index (Phi) is 5.87. The number of carbonyl (C=O) groups excluding carboxylic acids is 1. The van der Waals surface area contributed by atoms with Crippen LogP contribution < -0.4 is 9.47 Å². The lowest BCUT2D eigenvalue weighted by molar-refractivity contribution is -0.143. The van der Waals surface area contributed by atoms with E-state index in [4.69, 9.17) is 9.47 Å². The van der Waals surface area contributed by atoms with Crippen LogP contribution >= 0.6 is 15.9 Å². The Morgan fingerprint density at radius 1 is 1.39 bits per heavy atom. The van der Waals surface area contributed by atoms with Crippen LogP contribution in [0.15, 0.2) is 16.6 Å². The van der Waals surface area contributed by atoms with Crippen molar-refractivity contribution < 1.29 is 24.2 Å². The molecule has 0 aliphatic carbocycles. The van der Waals surface area contributed by atoms with Crippen LogP contribution in [-0.4, -0.2) is 48.2 Å². The number of ether oxygens (including phenoxy) is 2. The molecule has 126 valence electrons. The lowest BCUT2D eigenvalue weighted by Crippen LogP contribution is -2.48. The Labute approximate surface area is 143 Å². The Bertz CT molecular complexity index is 604. The second-order valence-corrected chi connectivity index (χ2v) is 6.13. The van der Waals surface area contributed by atoms with E-state index in [1.165, 1.54) is 12.0 Å². The molecule has 2 rings (SSSR count). The number of hydrogen-bond donors (Lipinski definition) is 1. The minimum absolute atomic E-state index is 0.306. The molecule has 23 heavy (non-hydrogen) atoms. The summed E-state index contributed by atoms with van der Waals surface area (Å²) in [5, 5.41) is 9.33. The van der Waals surface area contributed by atoms with E-state index in [-0.39, 0.29) is 5.91 Å². The van der Waals surface area contributed by atoms with Crippen LogP contribution in [0, 0.1) is 0 Å². The summed E-state index contributed by atoms with van der Waals surface area (Å²) < 4.78 is 11.4. The number of halogens is 1. The molecular formula is C16H20BrNO5. The van der Waals surface area contributed by atoms with Gasteiger partial charge in [0.1, 0.15) is 6.04 Å². The lowest BCUT2D eigenvalue weighted by atomic mass is 10.0. The molecule has 1 aliphatic heterocycles. The number of carboxylic acid groups (broad SMARTS) is 1. The van der Waals surface area contributed by atoms with Crippen LogP contribution in [0.25, 0.3) is 0 Å². The SMILES string of the molecule is CCOc1c(Br)cc(C(=O)N2CCCCC2C(=O)O)cc1OC. The van der Waals surface area contributed by atoms with Gasteiger partial charge < -0.3 is 19.5 Å². The zero-order valence-corrected chi connectivity index (χ0v) is 14.8. The fourth-order valence-electron chi connectivity index (χ4n) is 2.72. The smallest absolute Gasteiger partial charge is 0.326 e. The highest BCUT2D eigenvalue weighted by Gasteiger charge is 2.33. The van der Waals surface area contributed by atoms with Crippen molar-refractivity contribution in [2.24, 2.45) is 0 Å². The molecule has 1 heterocycles. The van der Waals surface area contributed by atoms with Crippen molar-refractivity contribution in [3.63, 3.8) is 0 Å². The first-order valence-corrected chi connectivity index (χ1v) is 8.33. The van der Waals surface area contributed by atoms with Gasteiger partial charge in [-0.2, -0.15) is 0 Å². The average molecular weight is 386 g/mol. The van der Waals surface area contributed by atoms with Crippen molar-refractivity contribution in [1.29, 1.82) is 0 Å². The monoisotopic (exact) mass is 385 g/mol. The van der Waals surface area contributed by atoms with Crippen molar-refractivity contribution in [2.45, 2.75) is 32.2 Å². The zero-order chi connectivity index (χ0) is 17.0. The maximum absolute atomic E-state index is 12.7. The number of carboxylic acids is 1. The number of rotatable bonds is 5. The quantitative estimate of drug-likeness (QED) is 0.842. The van der Waals surface area contributed by atoms with E-state index in [9.17, 15) is 14.7 Å². The van der Waals surface area contributed by atoms with E-state index in [0.717, 1.165) is 12.8 Å². The molecule has 1 aliphatic rings. The summed E-state index contributed by atoms with van der Waals surface area (Å²) in [5.41, 5.74) is 0.380. The van der Waals surface area contributed by atoms with E-state index in [2.05, 4.69) is 15.9 Å². The van der Waals surface area contributed by atoms with Gasteiger partial charge in [-0.25, -0.2) is 4.79 Å². The van der Waals surface area contributed by atoms with Crippen molar-refractivity contribution in [3.05, 3.63) is 22.2 Å². The first-order chi connectivity index (χ1) is 11.0. The van der Waals surface area contributed by atoms with Crippen LogP contribution in [0.2, 0.25) is 0 Å². The summed E-state index contributed by atoms with van der Waals surface area (Å²) in [7, 11) is 1.50. The van der Waals surface area contributed by atoms with Gasteiger partial charge in [-0.3, -0.25) is 4.79 Å². The highest BCUT2D eigenvalue weighted by molar-refractivity contribution is 9.10. The maximum atomic E-state index is 12.7. The molecule has 1 N–H and O–H groups in total. The summed E-state index contributed by atoms with van der Waals surface area (Å²) in [5.74, 6) is -0.303. The van der Waals surface area contributed by atoms with Crippen LogP contribution in [0.1, 0.15) is 36.5 Å². The zero-order valence-electron chi connectivity index (χ0n) is 13.2. The number of piperidine rings is 1. The number of methoxy groups -OCH3 is 1. The topological polar surface area (TPSA) is 76.1 Å². The maximum Gasteiger partial charge on any atom is 0.326 e. The van der Waals surface area contributed by atoms with Crippen molar-refractivity contribution >= 4 is 27.8 Å². The van der Waals surface area contributed by atoms with E-state index in [1.807, 2.05) is 6.92 Å². The van der Waals surface area contributed by atoms with Gasteiger partial charge in [0, 0.05) is 12.1 Å². The number of hydrogen-bond acceptors (Lipinski definition) is 4. The lowest BCUT2D eigenvalue weighted by Gasteiger charge is -2.33. The van der Waals surface area contributed by atoms with Crippen molar-refractivity contribution in [3.8, 4) is 11.5 Å². The molecule has 6 nitrogen and oxygen atoms in total. The average Bonchev–Trinajstić information content (AvgIpc) is 2.55. The molecule has 1 fully saturated rings. The molecule has 7 heteroatoms.